The number of pyridine rings is 1. The van der Waals surface area contributed by atoms with Crippen LogP contribution in [0.2, 0.25) is 0 Å². The lowest BCUT2D eigenvalue weighted by atomic mass is 10.1. The van der Waals surface area contributed by atoms with Gasteiger partial charge in [0.2, 0.25) is 0 Å². The molecule has 3 nitrogen and oxygen atoms in total. The SMILES string of the molecule is CC(Nc1ncccc1C(N)=S)c1ccc(F)cc1. The standard InChI is InChI=1S/C14H14FN3S/c1-9(10-4-6-11(15)7-5-10)18-14-12(13(16)19)3-2-8-17-14/h2-9H,1H3,(H2,16,19)(H,17,18). The molecule has 19 heavy (non-hydrogen) atoms. The zero-order valence-electron chi connectivity index (χ0n) is 10.4. The fourth-order valence-electron chi connectivity index (χ4n) is 1.76. The van der Waals surface area contributed by atoms with Crippen molar-refractivity contribution in [3.05, 3.63) is 59.5 Å². The largest absolute Gasteiger partial charge is 0.389 e. The fourth-order valence-corrected chi connectivity index (χ4v) is 1.92. The molecular weight excluding hydrogens is 261 g/mol. The number of benzene rings is 1. The molecule has 1 aromatic heterocycles. The first-order valence-electron chi connectivity index (χ1n) is 5.84. The molecule has 1 heterocycles. The van der Waals surface area contributed by atoms with Crippen LogP contribution in [-0.4, -0.2) is 9.97 Å². The molecule has 98 valence electrons. The number of nitrogens with two attached hydrogens (primary N) is 1. The van der Waals surface area contributed by atoms with Crippen molar-refractivity contribution >= 4 is 23.0 Å². The van der Waals surface area contributed by atoms with Gasteiger partial charge in [0, 0.05) is 12.2 Å². The second kappa shape index (κ2) is 5.75. The minimum atomic E-state index is -0.252. The second-order valence-corrected chi connectivity index (χ2v) is 4.62. The quantitative estimate of drug-likeness (QED) is 0.842. The van der Waals surface area contributed by atoms with Gasteiger partial charge < -0.3 is 11.1 Å². The minimum absolute atomic E-state index is 0.0244. The van der Waals surface area contributed by atoms with Crippen LogP contribution >= 0.6 is 12.2 Å². The van der Waals surface area contributed by atoms with Crippen LogP contribution in [-0.2, 0) is 0 Å². The highest BCUT2D eigenvalue weighted by Crippen LogP contribution is 2.20. The number of rotatable bonds is 4. The van der Waals surface area contributed by atoms with Crippen molar-refractivity contribution in [2.75, 3.05) is 5.32 Å². The van der Waals surface area contributed by atoms with Crippen molar-refractivity contribution < 1.29 is 4.39 Å². The Labute approximate surface area is 116 Å². The van der Waals surface area contributed by atoms with Crippen molar-refractivity contribution in [3.63, 3.8) is 0 Å². The Bertz CT molecular complexity index is 583. The van der Waals surface area contributed by atoms with E-state index in [1.54, 1.807) is 24.4 Å². The van der Waals surface area contributed by atoms with Gasteiger partial charge in [0.05, 0.1) is 5.56 Å². The van der Waals surface area contributed by atoms with Crippen molar-refractivity contribution in [1.82, 2.24) is 4.98 Å². The van der Waals surface area contributed by atoms with Gasteiger partial charge in [-0.15, -0.1) is 0 Å². The van der Waals surface area contributed by atoms with Crippen molar-refractivity contribution in [2.45, 2.75) is 13.0 Å². The average molecular weight is 275 g/mol. The van der Waals surface area contributed by atoms with E-state index >= 15 is 0 Å². The summed E-state index contributed by atoms with van der Waals surface area (Å²) in [5, 5.41) is 3.23. The third-order valence-corrected chi connectivity index (χ3v) is 3.02. The third kappa shape index (κ3) is 3.26. The maximum Gasteiger partial charge on any atom is 0.136 e. The summed E-state index contributed by atoms with van der Waals surface area (Å²) in [6.07, 6.45) is 1.67. The molecule has 1 unspecified atom stereocenters. The van der Waals surface area contributed by atoms with Crippen LogP contribution in [0.4, 0.5) is 10.2 Å². The maximum absolute atomic E-state index is 12.9. The van der Waals surface area contributed by atoms with E-state index in [4.69, 9.17) is 18.0 Å². The number of nitrogens with one attached hydrogen (secondary N) is 1. The predicted molar refractivity (Wildman–Crippen MR) is 78.6 cm³/mol. The summed E-state index contributed by atoms with van der Waals surface area (Å²) in [7, 11) is 0. The van der Waals surface area contributed by atoms with Crippen molar-refractivity contribution in [3.8, 4) is 0 Å². The number of anilines is 1. The summed E-state index contributed by atoms with van der Waals surface area (Å²) in [6, 6.07) is 9.90. The Morgan fingerprint density at radius 1 is 1.32 bits per heavy atom. The van der Waals surface area contributed by atoms with Gasteiger partial charge in [0.25, 0.3) is 0 Å². The van der Waals surface area contributed by atoms with Crippen LogP contribution in [0.1, 0.15) is 24.1 Å². The van der Waals surface area contributed by atoms with Crippen LogP contribution in [0.25, 0.3) is 0 Å². The van der Waals surface area contributed by atoms with Crippen molar-refractivity contribution in [2.24, 2.45) is 5.73 Å². The number of thiocarbonyl (C=S) groups is 1. The number of halogens is 1. The molecular formula is C14H14FN3S. The number of aromatic nitrogens is 1. The Morgan fingerprint density at radius 3 is 2.63 bits per heavy atom. The molecule has 0 aliphatic carbocycles. The molecule has 0 saturated heterocycles. The molecule has 0 bridgehead atoms. The summed E-state index contributed by atoms with van der Waals surface area (Å²) in [4.78, 5) is 4.52. The zero-order chi connectivity index (χ0) is 13.8. The number of hydrogen-bond donors (Lipinski definition) is 2. The molecule has 5 heteroatoms. The molecule has 0 fully saturated rings. The van der Waals surface area contributed by atoms with Crippen LogP contribution in [0, 0.1) is 5.82 Å². The van der Waals surface area contributed by atoms with Crippen molar-refractivity contribution in [1.29, 1.82) is 0 Å². The Hall–Kier alpha value is -2.01. The maximum atomic E-state index is 12.9. The van der Waals surface area contributed by atoms with Gasteiger partial charge in [-0.25, -0.2) is 9.37 Å². The highest BCUT2D eigenvalue weighted by Gasteiger charge is 2.10. The van der Waals surface area contributed by atoms with E-state index in [1.807, 2.05) is 13.0 Å². The number of hydrogen-bond acceptors (Lipinski definition) is 3. The van der Waals surface area contributed by atoms with Gasteiger partial charge in [-0.3, -0.25) is 0 Å². The zero-order valence-corrected chi connectivity index (χ0v) is 11.2. The molecule has 3 N–H and O–H groups in total. The van der Waals surface area contributed by atoms with E-state index in [9.17, 15) is 4.39 Å². The van der Waals surface area contributed by atoms with E-state index in [1.165, 1.54) is 12.1 Å². The Balaban J connectivity index is 2.21. The predicted octanol–water partition coefficient (Wildman–Crippen LogP) is 3.03. The normalized spacial score (nSPS) is 11.9. The van der Waals surface area contributed by atoms with E-state index in [0.717, 1.165) is 5.56 Å². The Kier molecular flexibility index (Phi) is 4.06. The van der Waals surface area contributed by atoms with E-state index in [-0.39, 0.29) is 11.9 Å². The second-order valence-electron chi connectivity index (χ2n) is 4.18. The highest BCUT2D eigenvalue weighted by molar-refractivity contribution is 7.80. The summed E-state index contributed by atoms with van der Waals surface area (Å²) in [5.74, 6) is 0.379. The lowest BCUT2D eigenvalue weighted by molar-refractivity contribution is 0.626. The van der Waals surface area contributed by atoms with Gasteiger partial charge >= 0.3 is 0 Å². The highest BCUT2D eigenvalue weighted by atomic mass is 32.1. The summed E-state index contributed by atoms with van der Waals surface area (Å²) >= 11 is 4.98. The van der Waals surface area contributed by atoms with Gasteiger partial charge in [-0.05, 0) is 36.8 Å². The lowest BCUT2D eigenvalue weighted by Gasteiger charge is -2.17. The first-order valence-corrected chi connectivity index (χ1v) is 6.25. The summed E-state index contributed by atoms with van der Waals surface area (Å²) < 4.78 is 12.9. The first-order chi connectivity index (χ1) is 9.08. The molecule has 0 radical (unpaired) electrons. The molecule has 1 aromatic carbocycles. The van der Waals surface area contributed by atoms with Gasteiger partial charge in [0.1, 0.15) is 16.6 Å². The number of nitrogens with zero attached hydrogens (tertiary/aromatic N) is 1. The Morgan fingerprint density at radius 2 is 2.00 bits per heavy atom. The third-order valence-electron chi connectivity index (χ3n) is 2.80. The molecule has 0 saturated carbocycles. The minimum Gasteiger partial charge on any atom is -0.389 e. The van der Waals surface area contributed by atoms with E-state index in [0.29, 0.717) is 16.4 Å². The van der Waals surface area contributed by atoms with Gasteiger partial charge in [-0.1, -0.05) is 24.4 Å². The summed E-state index contributed by atoms with van der Waals surface area (Å²) in [6.45, 7) is 1.96. The van der Waals surface area contributed by atoms with Crippen LogP contribution in [0.15, 0.2) is 42.6 Å². The van der Waals surface area contributed by atoms with Crippen LogP contribution in [0.5, 0.6) is 0 Å². The van der Waals surface area contributed by atoms with E-state index < -0.39 is 0 Å². The molecule has 2 rings (SSSR count). The average Bonchev–Trinajstić information content (AvgIpc) is 2.39. The first kappa shape index (κ1) is 13.4. The molecule has 0 aliphatic rings. The topological polar surface area (TPSA) is 50.9 Å². The van der Waals surface area contributed by atoms with Crippen LogP contribution < -0.4 is 11.1 Å². The molecule has 1 atom stereocenters. The molecule has 0 spiro atoms. The van der Waals surface area contributed by atoms with Gasteiger partial charge in [0.15, 0.2) is 0 Å². The summed E-state index contributed by atoms with van der Waals surface area (Å²) in [5.41, 5.74) is 7.31. The molecule has 0 aliphatic heterocycles. The smallest absolute Gasteiger partial charge is 0.136 e. The van der Waals surface area contributed by atoms with E-state index in [2.05, 4.69) is 10.3 Å². The monoisotopic (exact) mass is 275 g/mol. The fraction of sp³-hybridized carbons (Fsp3) is 0.143. The van der Waals surface area contributed by atoms with Crippen LogP contribution in [0.3, 0.4) is 0 Å². The molecule has 2 aromatic rings. The van der Waals surface area contributed by atoms with Gasteiger partial charge in [-0.2, -0.15) is 0 Å². The lowest BCUT2D eigenvalue weighted by Crippen LogP contribution is -2.16. The molecule has 0 amide bonds.